The Bertz CT molecular complexity index is 476. The number of hydrogen-bond acceptors (Lipinski definition) is 4. The van der Waals surface area contributed by atoms with Gasteiger partial charge >= 0.3 is 8.69 Å². The molecule has 0 aliphatic carbocycles. The Balaban J connectivity index is 2.15. The van der Waals surface area contributed by atoms with Crippen molar-refractivity contribution in [3.8, 4) is 17.5 Å². The van der Waals surface area contributed by atoms with E-state index >= 15 is 0 Å². The van der Waals surface area contributed by atoms with Crippen molar-refractivity contribution < 1.29 is 13.8 Å². The Morgan fingerprint density at radius 3 is 2.44 bits per heavy atom. The van der Waals surface area contributed by atoms with Gasteiger partial charge < -0.3 is 9.26 Å². The van der Waals surface area contributed by atoms with Crippen molar-refractivity contribution in [1.29, 1.82) is 0 Å². The van der Waals surface area contributed by atoms with Gasteiger partial charge in [-0.2, -0.15) is 4.98 Å². The second-order valence-corrected chi connectivity index (χ2v) is 3.23. The molecule has 1 heterocycles. The molecule has 16 heavy (non-hydrogen) atoms. The first-order valence-corrected chi connectivity index (χ1v) is 5.31. The number of ether oxygens (including phenoxy) is 1. The maximum absolute atomic E-state index is 10.2. The van der Waals surface area contributed by atoms with Crippen molar-refractivity contribution in [2.24, 2.45) is 0 Å². The van der Waals surface area contributed by atoms with Gasteiger partial charge in [0.25, 0.3) is 0 Å². The Hall–Kier alpha value is -1.93. The summed E-state index contributed by atoms with van der Waals surface area (Å²) in [7, 11) is -0.433. The summed E-state index contributed by atoms with van der Waals surface area (Å²) in [4.78, 5) is 4.01. The first-order chi connectivity index (χ1) is 7.88. The van der Waals surface area contributed by atoms with Gasteiger partial charge in [0, 0.05) is 12.1 Å². The molecule has 0 saturated carbocycles. The van der Waals surface area contributed by atoms with Crippen LogP contribution in [-0.4, -0.2) is 4.98 Å². The number of hydrogen-bond donors (Lipinski definition) is 0. The number of aromatic nitrogens is 1. The normalized spacial score (nSPS) is 10.0. The number of para-hydroxylation sites is 1. The van der Waals surface area contributed by atoms with Crippen LogP contribution in [0.2, 0.25) is 0 Å². The molecule has 0 N–H and O–H groups in total. The van der Waals surface area contributed by atoms with E-state index in [9.17, 15) is 4.57 Å². The van der Waals surface area contributed by atoms with Crippen molar-refractivity contribution in [2.75, 3.05) is 0 Å². The highest BCUT2D eigenvalue weighted by Gasteiger charge is 2.00. The molecule has 2 aromatic rings. The SMILES string of the molecule is O=POc1cccc(Oc2ccccc2)n1. The maximum Gasteiger partial charge on any atom is 0.397 e. The molecule has 0 fully saturated rings. The van der Waals surface area contributed by atoms with E-state index in [0.717, 1.165) is 0 Å². The van der Waals surface area contributed by atoms with Crippen LogP contribution in [0.3, 0.4) is 0 Å². The summed E-state index contributed by atoms with van der Waals surface area (Å²) in [6.45, 7) is 0. The van der Waals surface area contributed by atoms with Gasteiger partial charge in [0.1, 0.15) is 5.75 Å². The molecule has 0 bridgehead atoms. The van der Waals surface area contributed by atoms with Crippen molar-refractivity contribution in [2.45, 2.75) is 0 Å². The zero-order valence-corrected chi connectivity index (χ0v) is 9.13. The maximum atomic E-state index is 10.2. The summed E-state index contributed by atoms with van der Waals surface area (Å²) in [5, 5.41) is 0. The lowest BCUT2D eigenvalue weighted by atomic mass is 10.3. The lowest BCUT2D eigenvalue weighted by Crippen LogP contribution is -1.88. The van der Waals surface area contributed by atoms with Gasteiger partial charge in [0.2, 0.25) is 11.8 Å². The van der Waals surface area contributed by atoms with Crippen LogP contribution < -0.4 is 9.26 Å². The highest BCUT2D eigenvalue weighted by atomic mass is 31.1. The molecule has 80 valence electrons. The van der Waals surface area contributed by atoms with Crippen LogP contribution in [0, 0.1) is 0 Å². The van der Waals surface area contributed by atoms with Gasteiger partial charge in [-0.25, -0.2) is 4.57 Å². The molecule has 0 saturated heterocycles. The molecule has 4 nitrogen and oxygen atoms in total. The van der Waals surface area contributed by atoms with E-state index in [2.05, 4.69) is 4.98 Å². The third-order valence-corrected chi connectivity index (χ3v) is 2.06. The summed E-state index contributed by atoms with van der Waals surface area (Å²) in [6.07, 6.45) is 0. The Morgan fingerprint density at radius 2 is 1.69 bits per heavy atom. The van der Waals surface area contributed by atoms with Gasteiger partial charge in [0.15, 0.2) is 0 Å². The number of rotatable bonds is 4. The van der Waals surface area contributed by atoms with Crippen LogP contribution in [0.25, 0.3) is 0 Å². The second-order valence-electron chi connectivity index (χ2n) is 2.89. The molecule has 1 aromatic carbocycles. The molecule has 0 amide bonds. The highest BCUT2D eigenvalue weighted by molar-refractivity contribution is 7.17. The minimum atomic E-state index is -0.433. The van der Waals surface area contributed by atoms with Crippen molar-refractivity contribution in [3.63, 3.8) is 0 Å². The van der Waals surface area contributed by atoms with Crippen molar-refractivity contribution in [1.82, 2.24) is 4.98 Å². The van der Waals surface area contributed by atoms with E-state index in [0.29, 0.717) is 11.6 Å². The van der Waals surface area contributed by atoms with Crippen LogP contribution in [0.4, 0.5) is 0 Å². The number of pyridine rings is 1. The van der Waals surface area contributed by atoms with Crippen molar-refractivity contribution in [3.05, 3.63) is 48.5 Å². The molecule has 0 aliphatic heterocycles. The monoisotopic (exact) mass is 233 g/mol. The lowest BCUT2D eigenvalue weighted by Gasteiger charge is -2.04. The predicted molar refractivity (Wildman–Crippen MR) is 59.0 cm³/mol. The van der Waals surface area contributed by atoms with Gasteiger partial charge in [0.05, 0.1) is 0 Å². The summed E-state index contributed by atoms with van der Waals surface area (Å²) in [5.74, 6) is 1.34. The van der Waals surface area contributed by atoms with Crippen LogP contribution in [-0.2, 0) is 4.57 Å². The van der Waals surface area contributed by atoms with Gasteiger partial charge in [-0.15, -0.1) is 0 Å². The molecular formula is C11H8NO3P. The van der Waals surface area contributed by atoms with Gasteiger partial charge in [-0.3, -0.25) is 0 Å². The third kappa shape index (κ3) is 2.78. The lowest BCUT2D eigenvalue weighted by molar-refractivity contribution is 0.449. The molecule has 2 rings (SSSR count). The molecule has 1 aromatic heterocycles. The van der Waals surface area contributed by atoms with E-state index in [1.807, 2.05) is 30.3 Å². The molecular weight excluding hydrogens is 225 g/mol. The van der Waals surface area contributed by atoms with E-state index in [4.69, 9.17) is 9.26 Å². The van der Waals surface area contributed by atoms with Gasteiger partial charge in [-0.05, 0) is 12.1 Å². The minimum absolute atomic E-state index is 0.255. The molecule has 0 atom stereocenters. The van der Waals surface area contributed by atoms with Gasteiger partial charge in [-0.1, -0.05) is 24.3 Å². The zero-order chi connectivity index (χ0) is 11.2. The fraction of sp³-hybridized carbons (Fsp3) is 0. The second kappa shape index (κ2) is 5.24. The van der Waals surface area contributed by atoms with Crippen LogP contribution in [0.15, 0.2) is 48.5 Å². The van der Waals surface area contributed by atoms with E-state index < -0.39 is 8.69 Å². The summed E-state index contributed by atoms with van der Waals surface area (Å²) in [5.41, 5.74) is 0. The van der Waals surface area contributed by atoms with Crippen LogP contribution in [0.1, 0.15) is 0 Å². The van der Waals surface area contributed by atoms with Crippen molar-refractivity contribution >= 4 is 8.69 Å². The molecule has 0 radical (unpaired) electrons. The minimum Gasteiger partial charge on any atom is -0.439 e. The Kier molecular flexibility index (Phi) is 3.46. The summed E-state index contributed by atoms with van der Waals surface area (Å²) < 4.78 is 20.4. The molecule has 0 aliphatic rings. The van der Waals surface area contributed by atoms with Crippen LogP contribution >= 0.6 is 8.69 Å². The fourth-order valence-corrected chi connectivity index (χ4v) is 1.33. The third-order valence-electron chi connectivity index (χ3n) is 1.79. The predicted octanol–water partition coefficient (Wildman–Crippen LogP) is 3.46. The van der Waals surface area contributed by atoms with E-state index in [-0.39, 0.29) is 5.88 Å². The first kappa shape index (κ1) is 10.6. The Labute approximate surface area is 94.1 Å². The molecule has 0 unspecified atom stereocenters. The molecule has 0 spiro atoms. The smallest absolute Gasteiger partial charge is 0.397 e. The highest BCUT2D eigenvalue weighted by Crippen LogP contribution is 2.21. The van der Waals surface area contributed by atoms with E-state index in [1.165, 1.54) is 0 Å². The summed E-state index contributed by atoms with van der Waals surface area (Å²) >= 11 is 0. The quantitative estimate of drug-likeness (QED) is 0.758. The number of benzene rings is 1. The first-order valence-electron chi connectivity index (χ1n) is 4.58. The van der Waals surface area contributed by atoms with Crippen LogP contribution in [0.5, 0.6) is 17.5 Å². The average Bonchev–Trinajstić information content (AvgIpc) is 2.31. The Morgan fingerprint density at radius 1 is 0.938 bits per heavy atom. The largest absolute Gasteiger partial charge is 0.439 e. The zero-order valence-electron chi connectivity index (χ0n) is 8.24. The fourth-order valence-electron chi connectivity index (χ4n) is 1.15. The molecule has 5 heteroatoms. The van der Waals surface area contributed by atoms with E-state index in [1.54, 1.807) is 18.2 Å². The average molecular weight is 233 g/mol. The summed E-state index contributed by atoms with van der Waals surface area (Å²) in [6, 6.07) is 14.3. The standard InChI is InChI=1S/C11H8NO3P/c13-16-15-11-8-4-7-10(12-11)14-9-5-2-1-3-6-9/h1-8H. The number of nitrogens with zero attached hydrogens (tertiary/aromatic N) is 1. The topological polar surface area (TPSA) is 48.4 Å².